The molecule has 1 aromatic heterocycles. The van der Waals surface area contributed by atoms with Crippen molar-refractivity contribution in [3.63, 3.8) is 0 Å². The largest absolute Gasteiger partial charge is 0.493 e. The Labute approximate surface area is 138 Å². The van der Waals surface area contributed by atoms with Crippen LogP contribution in [0.4, 0.5) is 0 Å². The van der Waals surface area contributed by atoms with E-state index in [0.29, 0.717) is 6.61 Å². The van der Waals surface area contributed by atoms with E-state index in [9.17, 15) is 0 Å². The Bertz CT molecular complexity index is 558. The number of rotatable bonds is 8. The first kappa shape index (κ1) is 16.3. The third-order valence-corrected chi connectivity index (χ3v) is 4.30. The van der Waals surface area contributed by atoms with Gasteiger partial charge in [0, 0.05) is 28.0 Å². The molecule has 0 saturated carbocycles. The number of thiophene rings is 1. The molecule has 0 aliphatic carbocycles. The summed E-state index contributed by atoms with van der Waals surface area (Å²) in [5, 5.41) is 5.55. The van der Waals surface area contributed by atoms with Crippen LogP contribution in [0.5, 0.6) is 11.5 Å². The van der Waals surface area contributed by atoms with Crippen molar-refractivity contribution in [1.82, 2.24) is 5.32 Å². The van der Waals surface area contributed by atoms with Crippen molar-refractivity contribution in [3.05, 3.63) is 44.6 Å². The predicted octanol–water partition coefficient (Wildman–Crippen LogP) is 4.60. The first-order valence-corrected chi connectivity index (χ1v) is 8.64. The molecule has 1 heterocycles. The van der Waals surface area contributed by atoms with Gasteiger partial charge in [-0.1, -0.05) is 28.9 Å². The van der Waals surface area contributed by atoms with Gasteiger partial charge >= 0.3 is 0 Å². The molecule has 0 spiro atoms. The van der Waals surface area contributed by atoms with E-state index < -0.39 is 0 Å². The maximum Gasteiger partial charge on any atom is 0.165 e. The van der Waals surface area contributed by atoms with Crippen LogP contribution in [0.15, 0.2) is 34.1 Å². The minimum atomic E-state index is 0.690. The van der Waals surface area contributed by atoms with Gasteiger partial charge in [0.1, 0.15) is 0 Å². The van der Waals surface area contributed by atoms with E-state index in [1.807, 2.05) is 6.07 Å². The first-order valence-electron chi connectivity index (χ1n) is 6.97. The van der Waals surface area contributed by atoms with Gasteiger partial charge in [-0.05, 0) is 30.0 Å². The number of halogens is 1. The zero-order chi connectivity index (χ0) is 15.1. The van der Waals surface area contributed by atoms with Gasteiger partial charge in [-0.25, -0.2) is 0 Å². The fraction of sp³-hybridized carbons (Fsp3) is 0.375. The summed E-state index contributed by atoms with van der Waals surface area (Å²) in [6.07, 6.45) is 0.973. The average molecular weight is 370 g/mol. The second-order valence-corrected chi connectivity index (χ2v) is 6.58. The summed E-state index contributed by atoms with van der Waals surface area (Å²) in [4.78, 5) is 1.33. The summed E-state index contributed by atoms with van der Waals surface area (Å²) in [5.74, 6) is 1.60. The maximum absolute atomic E-state index is 5.87. The van der Waals surface area contributed by atoms with Crippen LogP contribution in [0.2, 0.25) is 0 Å². The smallest absolute Gasteiger partial charge is 0.165 e. The van der Waals surface area contributed by atoms with E-state index in [1.54, 1.807) is 18.4 Å². The van der Waals surface area contributed by atoms with Crippen LogP contribution >= 0.6 is 27.3 Å². The van der Waals surface area contributed by atoms with Crippen molar-refractivity contribution in [2.45, 2.75) is 26.4 Å². The Morgan fingerprint density at radius 1 is 1.29 bits per heavy atom. The van der Waals surface area contributed by atoms with Crippen LogP contribution in [-0.4, -0.2) is 13.7 Å². The molecule has 2 aromatic rings. The minimum Gasteiger partial charge on any atom is -0.493 e. The van der Waals surface area contributed by atoms with Gasteiger partial charge in [0.25, 0.3) is 0 Å². The van der Waals surface area contributed by atoms with Crippen molar-refractivity contribution < 1.29 is 9.47 Å². The highest BCUT2D eigenvalue weighted by molar-refractivity contribution is 9.10. The molecular formula is C16H20BrNO2S. The molecule has 0 saturated heterocycles. The Kier molecular flexibility index (Phi) is 6.54. The van der Waals surface area contributed by atoms with Gasteiger partial charge in [-0.15, -0.1) is 11.3 Å². The monoisotopic (exact) mass is 369 g/mol. The van der Waals surface area contributed by atoms with Crippen LogP contribution in [0.1, 0.15) is 23.8 Å². The molecular weight excluding hydrogens is 350 g/mol. The Hall–Kier alpha value is -1.04. The molecule has 1 N–H and O–H groups in total. The lowest BCUT2D eigenvalue weighted by atomic mass is 10.2. The van der Waals surface area contributed by atoms with E-state index >= 15 is 0 Å². The van der Waals surface area contributed by atoms with Crippen molar-refractivity contribution >= 4 is 27.3 Å². The third-order valence-electron chi connectivity index (χ3n) is 2.96. The number of hydrogen-bond donors (Lipinski definition) is 1. The summed E-state index contributed by atoms with van der Waals surface area (Å²) in [7, 11) is 1.67. The standard InChI is InChI=1S/C16H20BrNO2S/c1-3-6-20-16-12(8-13(17)9-15(16)19-2)10-18-11-14-5-4-7-21-14/h4-5,7-9,18H,3,6,10-11H2,1-2H3. The maximum atomic E-state index is 5.87. The quantitative estimate of drug-likeness (QED) is 0.737. The minimum absolute atomic E-state index is 0.690. The Morgan fingerprint density at radius 2 is 2.14 bits per heavy atom. The molecule has 0 amide bonds. The van der Waals surface area contributed by atoms with Gasteiger partial charge in [0.15, 0.2) is 11.5 Å². The van der Waals surface area contributed by atoms with E-state index in [1.165, 1.54) is 4.88 Å². The van der Waals surface area contributed by atoms with Gasteiger partial charge in [0.05, 0.1) is 13.7 Å². The second kappa shape index (κ2) is 8.41. The van der Waals surface area contributed by atoms with Crippen LogP contribution in [0.25, 0.3) is 0 Å². The molecule has 0 aliphatic heterocycles. The zero-order valence-corrected chi connectivity index (χ0v) is 14.7. The summed E-state index contributed by atoms with van der Waals surface area (Å²) in [6.45, 7) is 4.39. The number of ether oxygens (including phenoxy) is 2. The summed E-state index contributed by atoms with van der Waals surface area (Å²) in [5.41, 5.74) is 1.10. The van der Waals surface area contributed by atoms with Crippen LogP contribution in [0.3, 0.4) is 0 Å². The van der Waals surface area contributed by atoms with E-state index in [4.69, 9.17) is 9.47 Å². The fourth-order valence-electron chi connectivity index (χ4n) is 2.01. The molecule has 21 heavy (non-hydrogen) atoms. The molecule has 0 unspecified atom stereocenters. The molecule has 0 atom stereocenters. The second-order valence-electron chi connectivity index (χ2n) is 4.63. The lowest BCUT2D eigenvalue weighted by Gasteiger charge is -2.16. The first-order chi connectivity index (χ1) is 10.2. The third kappa shape index (κ3) is 4.73. The summed E-state index contributed by atoms with van der Waals surface area (Å²) in [6, 6.07) is 8.22. The molecule has 3 nitrogen and oxygen atoms in total. The summed E-state index contributed by atoms with van der Waals surface area (Å²) < 4.78 is 12.3. The van der Waals surface area contributed by atoms with Crippen molar-refractivity contribution in [2.24, 2.45) is 0 Å². The van der Waals surface area contributed by atoms with Gasteiger partial charge < -0.3 is 14.8 Å². The molecule has 0 radical (unpaired) electrons. The fourth-order valence-corrected chi connectivity index (χ4v) is 3.17. The topological polar surface area (TPSA) is 30.5 Å². The van der Waals surface area contributed by atoms with Gasteiger partial charge in [-0.3, -0.25) is 0 Å². The molecule has 0 fully saturated rings. The summed E-state index contributed by atoms with van der Waals surface area (Å²) >= 11 is 5.28. The number of nitrogens with one attached hydrogen (secondary N) is 1. The normalized spacial score (nSPS) is 10.6. The SMILES string of the molecule is CCCOc1c(CNCc2cccs2)cc(Br)cc1OC. The predicted molar refractivity (Wildman–Crippen MR) is 91.3 cm³/mol. The van der Waals surface area contributed by atoms with E-state index in [-0.39, 0.29) is 0 Å². The zero-order valence-electron chi connectivity index (χ0n) is 12.3. The number of methoxy groups -OCH3 is 1. The van der Waals surface area contributed by atoms with Crippen LogP contribution in [0, 0.1) is 0 Å². The van der Waals surface area contributed by atoms with Crippen molar-refractivity contribution in [1.29, 1.82) is 0 Å². The average Bonchev–Trinajstić information content (AvgIpc) is 2.99. The molecule has 114 valence electrons. The van der Waals surface area contributed by atoms with Crippen LogP contribution < -0.4 is 14.8 Å². The molecule has 0 aliphatic rings. The molecule has 5 heteroatoms. The lowest BCUT2D eigenvalue weighted by molar-refractivity contribution is 0.290. The number of hydrogen-bond acceptors (Lipinski definition) is 4. The van der Waals surface area contributed by atoms with Gasteiger partial charge in [-0.2, -0.15) is 0 Å². The highest BCUT2D eigenvalue weighted by atomic mass is 79.9. The highest BCUT2D eigenvalue weighted by Crippen LogP contribution is 2.35. The van der Waals surface area contributed by atoms with Crippen molar-refractivity contribution in [2.75, 3.05) is 13.7 Å². The lowest BCUT2D eigenvalue weighted by Crippen LogP contribution is -2.13. The van der Waals surface area contributed by atoms with Crippen molar-refractivity contribution in [3.8, 4) is 11.5 Å². The molecule has 1 aromatic carbocycles. The van der Waals surface area contributed by atoms with E-state index in [2.05, 4.69) is 51.7 Å². The Morgan fingerprint density at radius 3 is 2.81 bits per heavy atom. The van der Waals surface area contributed by atoms with E-state index in [0.717, 1.165) is 41.0 Å². The Balaban J connectivity index is 2.09. The highest BCUT2D eigenvalue weighted by Gasteiger charge is 2.12. The number of benzene rings is 1. The molecule has 0 bridgehead atoms. The molecule has 2 rings (SSSR count). The van der Waals surface area contributed by atoms with Crippen LogP contribution in [-0.2, 0) is 13.1 Å². The van der Waals surface area contributed by atoms with Gasteiger partial charge in [0.2, 0.25) is 0 Å².